The summed E-state index contributed by atoms with van der Waals surface area (Å²) >= 11 is -0.967. The Balaban J connectivity index is 0.000000235. The van der Waals surface area contributed by atoms with E-state index in [1.54, 1.807) is 13.3 Å². The van der Waals surface area contributed by atoms with Crippen LogP contribution >= 0.6 is 0 Å². The zero-order valence-corrected chi connectivity index (χ0v) is 19.0. The van der Waals surface area contributed by atoms with Gasteiger partial charge < -0.3 is 9.88 Å². The first-order valence-electron chi connectivity index (χ1n) is 9.90. The molecule has 0 unspecified atom stereocenters. The second-order valence-corrected chi connectivity index (χ2v) is 16.7. The van der Waals surface area contributed by atoms with E-state index in [2.05, 4.69) is 42.0 Å². The Morgan fingerprint density at radius 1 is 1.00 bits per heavy atom. The smallest absolute Gasteiger partial charge is 0.106 e. The molecule has 4 heteroatoms. The first-order chi connectivity index (χ1) is 11.3. The summed E-state index contributed by atoms with van der Waals surface area (Å²) in [5.41, 5.74) is 0. The van der Waals surface area contributed by atoms with Gasteiger partial charge in [0, 0.05) is 19.3 Å². The van der Waals surface area contributed by atoms with Gasteiger partial charge in [-0.15, -0.1) is 0 Å². The van der Waals surface area contributed by atoms with Crippen molar-refractivity contribution in [3.63, 3.8) is 0 Å². The van der Waals surface area contributed by atoms with Crippen LogP contribution in [0.2, 0.25) is 13.3 Å². The van der Waals surface area contributed by atoms with Crippen molar-refractivity contribution < 1.29 is 0 Å². The third kappa shape index (κ3) is 9.65. The van der Waals surface area contributed by atoms with Crippen molar-refractivity contribution in [2.24, 2.45) is 0 Å². The van der Waals surface area contributed by atoms with Gasteiger partial charge in [0.05, 0.1) is 6.67 Å². The maximum absolute atomic E-state index is 3.27. The standard InChI is InChI=1S/C7H11N3.3C4H9.Sn.H/c1-2-7(9-3-1)10-5-4-8-6-10;3*1-3-4-2;;/h1-3,8-9H,4-6H2;3*1,3-4H2,2H3;;. The van der Waals surface area contributed by atoms with Gasteiger partial charge in [0.1, 0.15) is 5.82 Å². The number of nitrogens with one attached hydrogen (secondary N) is 2. The van der Waals surface area contributed by atoms with Crippen LogP contribution in [0, 0.1) is 0 Å². The van der Waals surface area contributed by atoms with Crippen molar-refractivity contribution in [3.8, 4) is 0 Å². The van der Waals surface area contributed by atoms with E-state index in [0.29, 0.717) is 0 Å². The topological polar surface area (TPSA) is 31.1 Å². The molecule has 0 atom stereocenters. The van der Waals surface area contributed by atoms with Gasteiger partial charge in [-0.05, 0) is 12.1 Å². The van der Waals surface area contributed by atoms with Crippen LogP contribution in [0.3, 0.4) is 0 Å². The normalized spacial score (nSPS) is 14.2. The van der Waals surface area contributed by atoms with Crippen LogP contribution in [0.1, 0.15) is 59.3 Å². The number of aromatic nitrogens is 1. The Morgan fingerprint density at radius 2 is 1.61 bits per heavy atom. The van der Waals surface area contributed by atoms with Gasteiger partial charge >= 0.3 is 92.4 Å². The molecule has 0 aromatic carbocycles. The molecule has 3 nitrogen and oxygen atoms in total. The van der Waals surface area contributed by atoms with Gasteiger partial charge in [-0.3, -0.25) is 5.32 Å². The molecule has 1 fully saturated rings. The minimum absolute atomic E-state index is 0.967. The third-order valence-electron chi connectivity index (χ3n) is 4.68. The average Bonchev–Trinajstić information content (AvgIpc) is 3.27. The molecule has 2 rings (SSSR count). The van der Waals surface area contributed by atoms with E-state index < -0.39 is 19.8 Å². The van der Waals surface area contributed by atoms with Crippen LogP contribution in [0.15, 0.2) is 18.3 Å². The molecule has 134 valence electrons. The minimum Gasteiger partial charge on any atom is -0.348 e. The SMILES string of the molecule is CCC[CH2][SnH]([CH2]CCC)[CH2]CCC.c1c[nH]c(N2CCNC2)c1. The zero-order valence-electron chi connectivity index (χ0n) is 15.7. The molecule has 1 aromatic heterocycles. The molecule has 1 aliphatic heterocycles. The molecule has 2 N–H and O–H groups in total. The van der Waals surface area contributed by atoms with Gasteiger partial charge in [0.2, 0.25) is 0 Å². The van der Waals surface area contributed by atoms with Crippen molar-refractivity contribution >= 4 is 25.6 Å². The zero-order chi connectivity index (χ0) is 16.8. The van der Waals surface area contributed by atoms with Crippen LogP contribution in [0.25, 0.3) is 0 Å². The molecule has 1 saturated heterocycles. The van der Waals surface area contributed by atoms with Crippen molar-refractivity contribution in [2.45, 2.75) is 72.6 Å². The molecule has 0 aliphatic carbocycles. The molecular weight excluding hydrogens is 389 g/mol. The minimum atomic E-state index is -0.967. The van der Waals surface area contributed by atoms with E-state index in [4.69, 9.17) is 0 Å². The first kappa shape index (κ1) is 20.9. The van der Waals surface area contributed by atoms with Gasteiger partial charge in [-0.1, -0.05) is 0 Å². The molecule has 1 aliphatic rings. The fourth-order valence-electron chi connectivity index (χ4n) is 3.14. The van der Waals surface area contributed by atoms with Gasteiger partial charge in [0.25, 0.3) is 0 Å². The molecule has 0 spiro atoms. The Kier molecular flexibility index (Phi) is 12.9. The van der Waals surface area contributed by atoms with Gasteiger partial charge in [0.15, 0.2) is 0 Å². The molecule has 1 aromatic rings. The largest absolute Gasteiger partial charge is 0.348 e. The van der Waals surface area contributed by atoms with E-state index in [1.165, 1.54) is 44.3 Å². The van der Waals surface area contributed by atoms with E-state index in [-0.39, 0.29) is 0 Å². The second-order valence-electron chi connectivity index (χ2n) is 6.77. The Morgan fingerprint density at radius 3 is 2.00 bits per heavy atom. The maximum Gasteiger partial charge on any atom is 0.106 e. The maximum atomic E-state index is 3.27. The van der Waals surface area contributed by atoms with E-state index >= 15 is 0 Å². The molecular formula is C19H39N3Sn. The summed E-state index contributed by atoms with van der Waals surface area (Å²) in [7, 11) is 0. The molecule has 0 radical (unpaired) electrons. The van der Waals surface area contributed by atoms with Crippen LogP contribution in [0.5, 0.6) is 0 Å². The molecule has 2 heterocycles. The van der Waals surface area contributed by atoms with E-state index in [0.717, 1.165) is 19.8 Å². The number of hydrogen-bond acceptors (Lipinski definition) is 2. The number of H-pyrrole nitrogens is 1. The van der Waals surface area contributed by atoms with Crippen molar-refractivity contribution in [1.29, 1.82) is 0 Å². The molecule has 0 amide bonds. The fraction of sp³-hybridized carbons (Fsp3) is 0.789. The second kappa shape index (κ2) is 14.2. The summed E-state index contributed by atoms with van der Waals surface area (Å²) < 4.78 is 5.08. The fourth-order valence-corrected chi connectivity index (χ4v) is 14.1. The van der Waals surface area contributed by atoms with Gasteiger partial charge in [-0.25, -0.2) is 0 Å². The van der Waals surface area contributed by atoms with Crippen molar-refractivity contribution in [1.82, 2.24) is 10.3 Å². The van der Waals surface area contributed by atoms with Crippen LogP contribution in [-0.2, 0) is 0 Å². The van der Waals surface area contributed by atoms with Gasteiger partial charge in [-0.2, -0.15) is 0 Å². The summed E-state index contributed by atoms with van der Waals surface area (Å²) in [5.74, 6) is 1.21. The van der Waals surface area contributed by atoms with Crippen LogP contribution in [0.4, 0.5) is 5.82 Å². The third-order valence-corrected chi connectivity index (χ3v) is 15.2. The summed E-state index contributed by atoms with van der Waals surface area (Å²) in [4.78, 5) is 5.44. The Bertz CT molecular complexity index is 328. The predicted octanol–water partition coefficient (Wildman–Crippen LogP) is 5.00. The molecule has 0 saturated carbocycles. The van der Waals surface area contributed by atoms with E-state index in [1.807, 2.05) is 12.3 Å². The summed E-state index contributed by atoms with van der Waals surface area (Å²) in [6.07, 6.45) is 10.8. The summed E-state index contributed by atoms with van der Waals surface area (Å²) in [6, 6.07) is 4.11. The average molecular weight is 428 g/mol. The van der Waals surface area contributed by atoms with Crippen molar-refractivity contribution in [3.05, 3.63) is 18.3 Å². The Hall–Kier alpha value is -0.161. The summed E-state index contributed by atoms with van der Waals surface area (Å²) in [6.45, 7) is 10.2. The number of hydrogen-bond donors (Lipinski definition) is 2. The van der Waals surface area contributed by atoms with Crippen LogP contribution < -0.4 is 10.2 Å². The predicted molar refractivity (Wildman–Crippen MR) is 107 cm³/mol. The summed E-state index contributed by atoms with van der Waals surface area (Å²) in [5, 5.41) is 3.27. The monoisotopic (exact) mass is 429 g/mol. The number of nitrogens with zero attached hydrogens (tertiary/aromatic N) is 1. The number of anilines is 1. The number of unbranched alkanes of at least 4 members (excludes halogenated alkanes) is 3. The first-order valence-corrected chi connectivity index (χ1v) is 16.9. The quantitative estimate of drug-likeness (QED) is 0.515. The van der Waals surface area contributed by atoms with E-state index in [9.17, 15) is 0 Å². The number of aromatic amines is 1. The van der Waals surface area contributed by atoms with Crippen molar-refractivity contribution in [2.75, 3.05) is 24.7 Å². The molecule has 0 bridgehead atoms. The van der Waals surface area contributed by atoms with Crippen LogP contribution in [-0.4, -0.2) is 44.5 Å². The Labute approximate surface area is 151 Å². The molecule has 23 heavy (non-hydrogen) atoms. The number of rotatable bonds is 10.